The van der Waals surface area contributed by atoms with Gasteiger partial charge in [-0.25, -0.2) is 0 Å². The predicted octanol–water partition coefficient (Wildman–Crippen LogP) is 2.82. The van der Waals surface area contributed by atoms with Crippen LogP contribution in [0.4, 0.5) is 0 Å². The third-order valence-electron chi connectivity index (χ3n) is 4.77. The second-order valence-electron chi connectivity index (χ2n) is 6.43. The van der Waals surface area contributed by atoms with E-state index in [4.69, 9.17) is 10.2 Å². The van der Waals surface area contributed by atoms with Crippen LogP contribution in [0.3, 0.4) is 0 Å². The molecule has 1 aliphatic rings. The van der Waals surface area contributed by atoms with E-state index in [1.165, 1.54) is 0 Å². The van der Waals surface area contributed by atoms with E-state index in [-0.39, 0.29) is 11.9 Å². The Morgan fingerprint density at radius 3 is 2.72 bits per heavy atom. The van der Waals surface area contributed by atoms with Crippen molar-refractivity contribution < 1.29 is 14.0 Å². The Morgan fingerprint density at radius 2 is 1.88 bits per heavy atom. The normalized spacial score (nSPS) is 16.4. The molecular weight excluding hydrogens is 316 g/mol. The van der Waals surface area contributed by atoms with Gasteiger partial charge in [0.15, 0.2) is 0 Å². The average molecular weight is 334 g/mol. The van der Waals surface area contributed by atoms with Crippen LogP contribution in [0.15, 0.2) is 53.1 Å². The van der Waals surface area contributed by atoms with Crippen LogP contribution in [-0.4, -0.2) is 17.9 Å². The maximum Gasteiger partial charge on any atom is 0.251 e. The Hall–Kier alpha value is -3.08. The molecular formula is C20H18N2O3. The average Bonchev–Trinajstić information content (AvgIpc) is 3.08. The molecule has 126 valence electrons. The lowest BCUT2D eigenvalue weighted by atomic mass is 9.87. The Balaban J connectivity index is 1.48. The zero-order chi connectivity index (χ0) is 17.4. The lowest BCUT2D eigenvalue weighted by molar-refractivity contribution is 0.0933. The second kappa shape index (κ2) is 6.09. The molecule has 1 heterocycles. The third-order valence-corrected chi connectivity index (χ3v) is 4.77. The molecule has 0 saturated carbocycles. The van der Waals surface area contributed by atoms with E-state index in [0.717, 1.165) is 41.4 Å². The predicted molar refractivity (Wildman–Crippen MR) is 94.5 cm³/mol. The number of benzene rings is 2. The highest BCUT2D eigenvalue weighted by Gasteiger charge is 2.21. The van der Waals surface area contributed by atoms with E-state index in [1.54, 1.807) is 18.4 Å². The highest BCUT2D eigenvalue weighted by molar-refractivity contribution is 5.98. The van der Waals surface area contributed by atoms with Crippen LogP contribution in [0.5, 0.6) is 0 Å². The Bertz CT molecular complexity index is 974. The molecule has 1 atom stereocenters. The number of hydrogen-bond donors (Lipinski definition) is 2. The van der Waals surface area contributed by atoms with Crippen LogP contribution in [-0.2, 0) is 12.8 Å². The first-order chi connectivity index (χ1) is 12.1. The van der Waals surface area contributed by atoms with Crippen molar-refractivity contribution in [3.8, 4) is 0 Å². The molecule has 1 unspecified atom stereocenters. The Morgan fingerprint density at radius 1 is 1.04 bits per heavy atom. The highest BCUT2D eigenvalue weighted by Crippen LogP contribution is 2.23. The van der Waals surface area contributed by atoms with Gasteiger partial charge in [0.2, 0.25) is 5.91 Å². The van der Waals surface area contributed by atoms with Gasteiger partial charge >= 0.3 is 0 Å². The monoisotopic (exact) mass is 334 g/mol. The molecule has 3 N–H and O–H groups in total. The number of aryl methyl sites for hydroxylation is 1. The van der Waals surface area contributed by atoms with E-state index >= 15 is 0 Å². The summed E-state index contributed by atoms with van der Waals surface area (Å²) < 4.78 is 5.30. The fraction of sp³-hybridized carbons (Fsp3) is 0.200. The molecule has 0 spiro atoms. The Kier molecular flexibility index (Phi) is 3.76. The molecule has 0 radical (unpaired) electrons. The molecule has 4 rings (SSSR count). The molecule has 0 aliphatic heterocycles. The van der Waals surface area contributed by atoms with Crippen LogP contribution in [0.1, 0.15) is 38.3 Å². The number of fused-ring (bicyclic) bond motifs is 2. The van der Waals surface area contributed by atoms with Crippen molar-refractivity contribution in [1.29, 1.82) is 0 Å². The van der Waals surface area contributed by atoms with Gasteiger partial charge in [-0.1, -0.05) is 6.07 Å². The summed E-state index contributed by atoms with van der Waals surface area (Å²) >= 11 is 0. The summed E-state index contributed by atoms with van der Waals surface area (Å²) in [6.45, 7) is 0. The molecule has 5 nitrogen and oxygen atoms in total. The van der Waals surface area contributed by atoms with Crippen molar-refractivity contribution in [2.24, 2.45) is 5.73 Å². The summed E-state index contributed by atoms with van der Waals surface area (Å²) in [6.07, 6.45) is 4.04. The van der Waals surface area contributed by atoms with Crippen LogP contribution >= 0.6 is 0 Å². The third kappa shape index (κ3) is 3.01. The minimum atomic E-state index is -0.409. The van der Waals surface area contributed by atoms with E-state index in [0.29, 0.717) is 11.1 Å². The van der Waals surface area contributed by atoms with E-state index in [2.05, 4.69) is 5.32 Å². The molecule has 0 fully saturated rings. The van der Waals surface area contributed by atoms with Crippen molar-refractivity contribution >= 4 is 22.8 Å². The molecule has 0 bridgehead atoms. The molecule has 1 aliphatic carbocycles. The van der Waals surface area contributed by atoms with Gasteiger partial charge in [-0.05, 0) is 66.8 Å². The largest absolute Gasteiger partial charge is 0.464 e. The summed E-state index contributed by atoms with van der Waals surface area (Å²) in [5.74, 6) is -0.488. The zero-order valence-electron chi connectivity index (χ0n) is 13.6. The van der Waals surface area contributed by atoms with Gasteiger partial charge in [0.05, 0.1) is 6.26 Å². The van der Waals surface area contributed by atoms with E-state index in [9.17, 15) is 9.59 Å². The molecule has 3 aromatic rings. The van der Waals surface area contributed by atoms with Gasteiger partial charge in [-0.15, -0.1) is 0 Å². The standard InChI is InChI=1S/C20H18N2O3/c21-19(23)15-2-1-13-11-17(5-3-12(13)9-15)22-20(24)16-4-6-18-14(10-16)7-8-25-18/h1-2,4,6-10,17H,3,5,11H2,(H2,21,23)(H,22,24). The summed E-state index contributed by atoms with van der Waals surface area (Å²) in [5.41, 5.74) is 9.57. The van der Waals surface area contributed by atoms with Gasteiger partial charge < -0.3 is 15.5 Å². The number of primary amides is 1. The molecule has 25 heavy (non-hydrogen) atoms. The minimum absolute atomic E-state index is 0.0784. The topological polar surface area (TPSA) is 85.3 Å². The number of nitrogens with two attached hydrogens (primary N) is 1. The highest BCUT2D eigenvalue weighted by atomic mass is 16.3. The summed E-state index contributed by atoms with van der Waals surface area (Å²) in [5, 5.41) is 4.03. The Labute approximate surface area is 144 Å². The molecule has 0 saturated heterocycles. The summed E-state index contributed by atoms with van der Waals surface area (Å²) in [6, 6.07) is 12.9. The first-order valence-electron chi connectivity index (χ1n) is 8.30. The maximum absolute atomic E-state index is 12.5. The number of nitrogens with one attached hydrogen (secondary N) is 1. The number of rotatable bonds is 3. The van der Waals surface area contributed by atoms with Crippen molar-refractivity contribution in [2.75, 3.05) is 0 Å². The van der Waals surface area contributed by atoms with Crippen molar-refractivity contribution in [3.05, 3.63) is 71.0 Å². The fourth-order valence-corrected chi connectivity index (χ4v) is 3.41. The maximum atomic E-state index is 12.5. The summed E-state index contributed by atoms with van der Waals surface area (Å²) in [4.78, 5) is 23.8. The van der Waals surface area contributed by atoms with Gasteiger partial charge in [-0.2, -0.15) is 0 Å². The quantitative estimate of drug-likeness (QED) is 0.772. The smallest absolute Gasteiger partial charge is 0.251 e. The molecule has 5 heteroatoms. The first-order valence-corrected chi connectivity index (χ1v) is 8.30. The summed E-state index contributed by atoms with van der Waals surface area (Å²) in [7, 11) is 0. The number of carbonyl (C=O) groups is 2. The van der Waals surface area contributed by atoms with Gasteiger partial charge in [-0.3, -0.25) is 9.59 Å². The molecule has 2 amide bonds. The lowest BCUT2D eigenvalue weighted by Crippen LogP contribution is -2.38. The zero-order valence-corrected chi connectivity index (χ0v) is 13.6. The van der Waals surface area contributed by atoms with Crippen molar-refractivity contribution in [1.82, 2.24) is 5.32 Å². The van der Waals surface area contributed by atoms with Crippen molar-refractivity contribution in [2.45, 2.75) is 25.3 Å². The lowest BCUT2D eigenvalue weighted by Gasteiger charge is -2.26. The van der Waals surface area contributed by atoms with Crippen LogP contribution < -0.4 is 11.1 Å². The first kappa shape index (κ1) is 15.4. The molecule has 1 aromatic heterocycles. The SMILES string of the molecule is NC(=O)c1ccc2c(c1)CCC(NC(=O)c1ccc3occc3c1)C2. The van der Waals surface area contributed by atoms with Crippen molar-refractivity contribution in [3.63, 3.8) is 0 Å². The number of furan rings is 1. The molecule has 2 aromatic carbocycles. The number of amides is 2. The van der Waals surface area contributed by atoms with E-state index < -0.39 is 5.91 Å². The van der Waals surface area contributed by atoms with E-state index in [1.807, 2.05) is 30.3 Å². The fourth-order valence-electron chi connectivity index (χ4n) is 3.41. The second-order valence-corrected chi connectivity index (χ2v) is 6.43. The van der Waals surface area contributed by atoms with Crippen LogP contribution in [0, 0.1) is 0 Å². The van der Waals surface area contributed by atoms with Gasteiger partial charge in [0.1, 0.15) is 5.58 Å². The number of carbonyl (C=O) groups excluding carboxylic acids is 2. The van der Waals surface area contributed by atoms with Gasteiger partial charge in [0.25, 0.3) is 5.91 Å². The number of hydrogen-bond acceptors (Lipinski definition) is 3. The van der Waals surface area contributed by atoms with Crippen LogP contribution in [0.2, 0.25) is 0 Å². The minimum Gasteiger partial charge on any atom is -0.464 e. The van der Waals surface area contributed by atoms with Crippen LogP contribution in [0.25, 0.3) is 11.0 Å². The van der Waals surface area contributed by atoms with Gasteiger partial charge in [0, 0.05) is 22.6 Å².